The summed E-state index contributed by atoms with van der Waals surface area (Å²) in [7, 11) is 1.58. The first kappa shape index (κ1) is 9.88. The minimum Gasteiger partial charge on any atom is -0.496 e. The summed E-state index contributed by atoms with van der Waals surface area (Å²) in [5.41, 5.74) is 1.77. The summed E-state index contributed by atoms with van der Waals surface area (Å²) in [6.45, 7) is 1.93. The first-order chi connectivity index (χ1) is 6.20. The van der Waals surface area contributed by atoms with Crippen LogP contribution in [0.25, 0.3) is 0 Å². The lowest BCUT2D eigenvalue weighted by molar-refractivity contribution is 0.408. The van der Waals surface area contributed by atoms with E-state index in [1.54, 1.807) is 13.2 Å². The van der Waals surface area contributed by atoms with Gasteiger partial charge in [-0.3, -0.25) is 0 Å². The Bertz CT molecular complexity index is 355. The summed E-state index contributed by atoms with van der Waals surface area (Å²) in [4.78, 5) is 0. The van der Waals surface area contributed by atoms with Gasteiger partial charge in [0.15, 0.2) is 0 Å². The summed E-state index contributed by atoms with van der Waals surface area (Å²) in [5, 5.41) is 9.18. The van der Waals surface area contributed by atoms with Crippen molar-refractivity contribution in [3.63, 3.8) is 0 Å². The van der Waals surface area contributed by atoms with E-state index in [-0.39, 0.29) is 6.42 Å². The SMILES string of the molecule is COc1c(C)ccc(Cl)c1CC#N. The highest BCUT2D eigenvalue weighted by molar-refractivity contribution is 6.31. The van der Waals surface area contributed by atoms with Crippen LogP contribution < -0.4 is 4.74 Å². The molecule has 0 aliphatic heterocycles. The fourth-order valence-corrected chi connectivity index (χ4v) is 1.46. The number of rotatable bonds is 2. The predicted octanol–water partition coefficient (Wildman–Crippen LogP) is 2.72. The van der Waals surface area contributed by atoms with Crippen molar-refractivity contribution in [2.24, 2.45) is 0 Å². The van der Waals surface area contributed by atoms with Crippen molar-refractivity contribution in [3.05, 3.63) is 28.3 Å². The van der Waals surface area contributed by atoms with Crippen molar-refractivity contribution in [2.45, 2.75) is 13.3 Å². The van der Waals surface area contributed by atoms with E-state index in [1.165, 1.54) is 0 Å². The van der Waals surface area contributed by atoms with Crippen molar-refractivity contribution in [1.29, 1.82) is 5.26 Å². The Morgan fingerprint density at radius 3 is 2.77 bits per heavy atom. The van der Waals surface area contributed by atoms with Gasteiger partial charge in [-0.1, -0.05) is 17.7 Å². The minimum absolute atomic E-state index is 0.281. The smallest absolute Gasteiger partial charge is 0.127 e. The minimum atomic E-state index is 0.281. The number of ether oxygens (including phenoxy) is 1. The highest BCUT2D eigenvalue weighted by atomic mass is 35.5. The molecule has 0 radical (unpaired) electrons. The van der Waals surface area contributed by atoms with Gasteiger partial charge in [0, 0.05) is 10.6 Å². The molecule has 0 heterocycles. The third-order valence-electron chi connectivity index (χ3n) is 1.86. The molecule has 0 spiro atoms. The maximum Gasteiger partial charge on any atom is 0.127 e. The Labute approximate surface area is 82.7 Å². The first-order valence-electron chi connectivity index (χ1n) is 3.89. The molecule has 68 valence electrons. The molecule has 0 unspecified atom stereocenters. The lowest BCUT2D eigenvalue weighted by Crippen LogP contribution is -1.94. The fourth-order valence-electron chi connectivity index (χ4n) is 1.25. The average molecular weight is 196 g/mol. The third kappa shape index (κ3) is 1.93. The van der Waals surface area contributed by atoms with Crippen molar-refractivity contribution in [3.8, 4) is 11.8 Å². The molecular formula is C10H10ClNO. The standard InChI is InChI=1S/C10H10ClNO/c1-7-3-4-9(11)8(5-6-12)10(7)13-2/h3-4H,5H2,1-2H3. The molecule has 0 aliphatic rings. The van der Waals surface area contributed by atoms with Crippen LogP contribution in [0.15, 0.2) is 12.1 Å². The molecule has 0 atom stereocenters. The lowest BCUT2D eigenvalue weighted by Gasteiger charge is -2.10. The fraction of sp³-hybridized carbons (Fsp3) is 0.300. The second-order valence-electron chi connectivity index (χ2n) is 2.71. The van der Waals surface area contributed by atoms with Crippen molar-refractivity contribution in [2.75, 3.05) is 7.11 Å². The van der Waals surface area contributed by atoms with Gasteiger partial charge < -0.3 is 4.74 Å². The zero-order valence-electron chi connectivity index (χ0n) is 7.60. The Morgan fingerprint density at radius 1 is 1.54 bits per heavy atom. The molecule has 0 aromatic heterocycles. The molecule has 0 saturated carbocycles. The monoisotopic (exact) mass is 195 g/mol. The average Bonchev–Trinajstić information content (AvgIpc) is 2.12. The maximum absolute atomic E-state index is 8.59. The molecule has 3 heteroatoms. The van der Waals surface area contributed by atoms with Crippen LogP contribution in [0, 0.1) is 18.3 Å². The molecule has 2 nitrogen and oxygen atoms in total. The normalized spacial score (nSPS) is 9.38. The van der Waals surface area contributed by atoms with Crippen LogP contribution in [0.2, 0.25) is 5.02 Å². The van der Waals surface area contributed by atoms with E-state index in [1.807, 2.05) is 13.0 Å². The molecule has 1 aromatic carbocycles. The van der Waals surface area contributed by atoms with Crippen LogP contribution in [0.4, 0.5) is 0 Å². The van der Waals surface area contributed by atoms with E-state index in [0.717, 1.165) is 11.1 Å². The van der Waals surface area contributed by atoms with Crippen LogP contribution in [-0.2, 0) is 6.42 Å². The number of methoxy groups -OCH3 is 1. The van der Waals surface area contributed by atoms with Gasteiger partial charge in [-0.2, -0.15) is 5.26 Å². The Kier molecular flexibility index (Phi) is 3.16. The first-order valence-corrected chi connectivity index (χ1v) is 4.27. The molecule has 0 saturated heterocycles. The quantitative estimate of drug-likeness (QED) is 0.727. The summed E-state index contributed by atoms with van der Waals surface area (Å²) in [6, 6.07) is 5.72. The number of halogens is 1. The van der Waals surface area contributed by atoms with Gasteiger partial charge in [0.25, 0.3) is 0 Å². The lowest BCUT2D eigenvalue weighted by atomic mass is 10.1. The molecule has 1 rings (SSSR count). The van der Waals surface area contributed by atoms with E-state index < -0.39 is 0 Å². The second kappa shape index (κ2) is 4.15. The van der Waals surface area contributed by atoms with E-state index in [2.05, 4.69) is 6.07 Å². The highest BCUT2D eigenvalue weighted by Gasteiger charge is 2.09. The second-order valence-corrected chi connectivity index (χ2v) is 3.12. The summed E-state index contributed by atoms with van der Waals surface area (Å²) in [5.74, 6) is 0.717. The molecule has 0 fully saturated rings. The molecule has 13 heavy (non-hydrogen) atoms. The van der Waals surface area contributed by atoms with Crippen molar-refractivity contribution in [1.82, 2.24) is 0 Å². The highest BCUT2D eigenvalue weighted by Crippen LogP contribution is 2.29. The Hall–Kier alpha value is -1.20. The third-order valence-corrected chi connectivity index (χ3v) is 2.21. The van der Waals surface area contributed by atoms with E-state index >= 15 is 0 Å². The van der Waals surface area contributed by atoms with Crippen molar-refractivity contribution < 1.29 is 4.74 Å². The van der Waals surface area contributed by atoms with E-state index in [9.17, 15) is 0 Å². The number of hydrogen-bond acceptors (Lipinski definition) is 2. The number of benzene rings is 1. The van der Waals surface area contributed by atoms with E-state index in [0.29, 0.717) is 10.8 Å². The number of nitrogens with zero attached hydrogens (tertiary/aromatic N) is 1. The molecular weight excluding hydrogens is 186 g/mol. The van der Waals surface area contributed by atoms with Crippen LogP contribution in [0.5, 0.6) is 5.75 Å². The van der Waals surface area contributed by atoms with Crippen LogP contribution >= 0.6 is 11.6 Å². The number of hydrogen-bond donors (Lipinski definition) is 0. The van der Waals surface area contributed by atoms with Gasteiger partial charge in [0.05, 0.1) is 19.6 Å². The molecule has 1 aromatic rings. The van der Waals surface area contributed by atoms with Gasteiger partial charge >= 0.3 is 0 Å². The predicted molar refractivity (Wildman–Crippen MR) is 52.1 cm³/mol. The van der Waals surface area contributed by atoms with Gasteiger partial charge in [0.2, 0.25) is 0 Å². The molecule has 0 aliphatic carbocycles. The number of nitriles is 1. The van der Waals surface area contributed by atoms with E-state index in [4.69, 9.17) is 21.6 Å². The van der Waals surface area contributed by atoms with Gasteiger partial charge in [-0.25, -0.2) is 0 Å². The van der Waals surface area contributed by atoms with Crippen LogP contribution in [0.1, 0.15) is 11.1 Å². The Morgan fingerprint density at radius 2 is 2.23 bits per heavy atom. The zero-order valence-corrected chi connectivity index (χ0v) is 8.35. The van der Waals surface area contributed by atoms with Crippen LogP contribution in [-0.4, -0.2) is 7.11 Å². The zero-order chi connectivity index (χ0) is 9.84. The topological polar surface area (TPSA) is 33.0 Å². The molecule has 0 amide bonds. The molecule has 0 N–H and O–H groups in total. The summed E-state index contributed by atoms with van der Waals surface area (Å²) >= 11 is 5.93. The largest absolute Gasteiger partial charge is 0.496 e. The summed E-state index contributed by atoms with van der Waals surface area (Å²) in [6.07, 6.45) is 0.281. The maximum atomic E-state index is 8.59. The molecule has 0 bridgehead atoms. The van der Waals surface area contributed by atoms with Gasteiger partial charge in [0.1, 0.15) is 5.75 Å². The summed E-state index contributed by atoms with van der Waals surface area (Å²) < 4.78 is 5.17. The number of aryl methyl sites for hydroxylation is 1. The van der Waals surface area contributed by atoms with Crippen LogP contribution in [0.3, 0.4) is 0 Å². The Balaban J connectivity index is 3.27. The van der Waals surface area contributed by atoms with Gasteiger partial charge in [-0.15, -0.1) is 0 Å². The van der Waals surface area contributed by atoms with Gasteiger partial charge in [-0.05, 0) is 18.6 Å². The van der Waals surface area contributed by atoms with Crippen molar-refractivity contribution >= 4 is 11.6 Å².